The zero-order valence-electron chi connectivity index (χ0n) is 16.3. The van der Waals surface area contributed by atoms with E-state index in [0.29, 0.717) is 48.5 Å². The predicted molar refractivity (Wildman–Crippen MR) is 101 cm³/mol. The average molecular weight is 369 g/mol. The molecule has 0 radical (unpaired) electrons. The molecule has 0 bridgehead atoms. The molecule has 1 atom stereocenters. The largest absolute Gasteiger partial charge is 0.337 e. The molecule has 1 aliphatic carbocycles. The van der Waals surface area contributed by atoms with Crippen molar-refractivity contribution in [3.05, 3.63) is 29.8 Å². The van der Waals surface area contributed by atoms with E-state index in [4.69, 9.17) is 0 Å². The Morgan fingerprint density at radius 3 is 2.81 bits per heavy atom. The molecule has 1 saturated carbocycles. The first-order chi connectivity index (χ1) is 13.0. The Kier molecular flexibility index (Phi) is 4.61. The molecule has 0 N–H and O–H groups in total. The molecule has 2 aliphatic rings. The number of carbonyl (C=O) groups excluding carboxylic acids is 2. The van der Waals surface area contributed by atoms with Gasteiger partial charge in [0, 0.05) is 38.4 Å². The summed E-state index contributed by atoms with van der Waals surface area (Å²) in [6, 6.07) is 1.85. The summed E-state index contributed by atoms with van der Waals surface area (Å²) in [7, 11) is 0. The Morgan fingerprint density at radius 2 is 2.11 bits per heavy atom. The van der Waals surface area contributed by atoms with Crippen LogP contribution in [0.4, 0.5) is 0 Å². The third-order valence-electron chi connectivity index (χ3n) is 5.71. The Bertz CT molecular complexity index is 870. The first kappa shape index (κ1) is 17.9. The summed E-state index contributed by atoms with van der Waals surface area (Å²) in [4.78, 5) is 38.7. The SMILES string of the molecule is Cc1nc2ncccn2c1C(=O)N1CCC(=O)N(CC2CC2)C(C(C)C)C1. The van der Waals surface area contributed by atoms with Crippen molar-refractivity contribution in [3.8, 4) is 0 Å². The van der Waals surface area contributed by atoms with Crippen molar-refractivity contribution in [2.24, 2.45) is 11.8 Å². The molecule has 4 rings (SSSR count). The predicted octanol–water partition coefficient (Wildman–Crippen LogP) is 2.15. The van der Waals surface area contributed by atoms with Crippen molar-refractivity contribution < 1.29 is 9.59 Å². The fraction of sp³-hybridized carbons (Fsp3) is 0.600. The molecule has 7 heteroatoms. The smallest absolute Gasteiger partial charge is 0.272 e. The molecule has 27 heavy (non-hydrogen) atoms. The van der Waals surface area contributed by atoms with Gasteiger partial charge >= 0.3 is 0 Å². The summed E-state index contributed by atoms with van der Waals surface area (Å²) in [6.07, 6.45) is 6.30. The lowest BCUT2D eigenvalue weighted by Crippen LogP contribution is -2.48. The second-order valence-corrected chi connectivity index (χ2v) is 8.14. The van der Waals surface area contributed by atoms with Gasteiger partial charge in [0.1, 0.15) is 5.69 Å². The minimum Gasteiger partial charge on any atom is -0.337 e. The molecule has 2 amide bonds. The maximum absolute atomic E-state index is 13.4. The van der Waals surface area contributed by atoms with Gasteiger partial charge in [-0.3, -0.25) is 14.0 Å². The summed E-state index contributed by atoms with van der Waals surface area (Å²) in [6.45, 7) is 7.97. The van der Waals surface area contributed by atoms with Crippen LogP contribution in [-0.2, 0) is 4.79 Å². The van der Waals surface area contributed by atoms with E-state index in [2.05, 4.69) is 23.8 Å². The number of nitrogens with zero attached hydrogens (tertiary/aromatic N) is 5. The summed E-state index contributed by atoms with van der Waals surface area (Å²) < 4.78 is 1.75. The lowest BCUT2D eigenvalue weighted by atomic mass is 10.0. The number of hydrogen-bond acceptors (Lipinski definition) is 4. The molecule has 0 spiro atoms. The van der Waals surface area contributed by atoms with E-state index >= 15 is 0 Å². The minimum atomic E-state index is -0.0697. The molecule has 7 nitrogen and oxygen atoms in total. The molecular weight excluding hydrogens is 342 g/mol. The highest BCUT2D eigenvalue weighted by Crippen LogP contribution is 2.32. The van der Waals surface area contributed by atoms with Gasteiger partial charge in [0.15, 0.2) is 0 Å². The highest BCUT2D eigenvalue weighted by molar-refractivity contribution is 5.95. The molecule has 1 saturated heterocycles. The van der Waals surface area contributed by atoms with E-state index in [1.54, 1.807) is 16.7 Å². The Morgan fingerprint density at radius 1 is 1.33 bits per heavy atom. The van der Waals surface area contributed by atoms with E-state index in [1.165, 1.54) is 12.8 Å². The van der Waals surface area contributed by atoms with Crippen LogP contribution in [0.15, 0.2) is 18.5 Å². The molecule has 2 aromatic heterocycles. The maximum Gasteiger partial charge on any atom is 0.272 e. The second-order valence-electron chi connectivity index (χ2n) is 8.14. The summed E-state index contributed by atoms with van der Waals surface area (Å²) >= 11 is 0. The van der Waals surface area contributed by atoms with Crippen LogP contribution >= 0.6 is 0 Å². The quantitative estimate of drug-likeness (QED) is 0.828. The number of hydrogen-bond donors (Lipinski definition) is 0. The lowest BCUT2D eigenvalue weighted by molar-refractivity contribution is -0.133. The van der Waals surface area contributed by atoms with Crippen molar-refractivity contribution in [3.63, 3.8) is 0 Å². The fourth-order valence-electron chi connectivity index (χ4n) is 3.95. The first-order valence-corrected chi connectivity index (χ1v) is 9.84. The van der Waals surface area contributed by atoms with Gasteiger partial charge in [-0.15, -0.1) is 0 Å². The third kappa shape index (κ3) is 3.42. The van der Waals surface area contributed by atoms with Crippen LogP contribution in [0.1, 0.15) is 49.3 Å². The van der Waals surface area contributed by atoms with Crippen molar-refractivity contribution in [2.45, 2.75) is 46.1 Å². The van der Waals surface area contributed by atoms with Crippen LogP contribution in [0.25, 0.3) is 5.78 Å². The molecule has 3 heterocycles. The number of fused-ring (bicyclic) bond motifs is 1. The monoisotopic (exact) mass is 369 g/mol. The highest BCUT2D eigenvalue weighted by atomic mass is 16.2. The van der Waals surface area contributed by atoms with Crippen molar-refractivity contribution >= 4 is 17.6 Å². The average Bonchev–Trinajstić information content (AvgIpc) is 3.41. The summed E-state index contributed by atoms with van der Waals surface area (Å²) in [5, 5.41) is 0. The van der Waals surface area contributed by atoms with E-state index < -0.39 is 0 Å². The van der Waals surface area contributed by atoms with Gasteiger partial charge in [0.2, 0.25) is 11.7 Å². The van der Waals surface area contributed by atoms with E-state index in [1.807, 2.05) is 22.9 Å². The zero-order valence-corrected chi connectivity index (χ0v) is 16.3. The van der Waals surface area contributed by atoms with Crippen LogP contribution in [0.3, 0.4) is 0 Å². The summed E-state index contributed by atoms with van der Waals surface area (Å²) in [5.74, 6) is 1.57. The molecule has 0 aromatic carbocycles. The second kappa shape index (κ2) is 6.94. The number of rotatable bonds is 4. The van der Waals surface area contributed by atoms with Crippen molar-refractivity contribution in [1.29, 1.82) is 0 Å². The standard InChI is InChI=1S/C20H27N5O2/c1-13(2)16-12-23(10-7-17(26)25(16)11-15-5-6-15)19(27)18-14(3)22-20-21-8-4-9-24(18)20/h4,8-9,13,15-16H,5-7,10-12H2,1-3H3. The Balaban J connectivity index is 1.63. The highest BCUT2D eigenvalue weighted by Gasteiger charge is 2.37. The number of aryl methyl sites for hydroxylation is 1. The van der Waals surface area contributed by atoms with Gasteiger partial charge in [0.05, 0.1) is 11.7 Å². The van der Waals surface area contributed by atoms with E-state index in [-0.39, 0.29) is 17.9 Å². The molecule has 1 unspecified atom stereocenters. The molecular formula is C20H27N5O2. The van der Waals surface area contributed by atoms with Gasteiger partial charge in [0.25, 0.3) is 5.91 Å². The van der Waals surface area contributed by atoms with Gasteiger partial charge < -0.3 is 9.80 Å². The van der Waals surface area contributed by atoms with Crippen molar-refractivity contribution in [1.82, 2.24) is 24.2 Å². The number of imidazole rings is 1. The van der Waals surface area contributed by atoms with Gasteiger partial charge in [-0.2, -0.15) is 0 Å². The van der Waals surface area contributed by atoms with Crippen LogP contribution < -0.4 is 0 Å². The molecule has 1 aliphatic heterocycles. The number of carbonyl (C=O) groups is 2. The third-order valence-corrected chi connectivity index (χ3v) is 5.71. The number of amides is 2. The van der Waals surface area contributed by atoms with Crippen molar-refractivity contribution in [2.75, 3.05) is 19.6 Å². The van der Waals surface area contributed by atoms with Gasteiger partial charge in [-0.05, 0) is 37.7 Å². The zero-order chi connectivity index (χ0) is 19.1. The molecule has 2 aromatic rings. The Hall–Kier alpha value is -2.44. The normalized spacial score (nSPS) is 21.2. The van der Waals surface area contributed by atoms with Gasteiger partial charge in [-0.25, -0.2) is 9.97 Å². The van der Waals surface area contributed by atoms with Crippen LogP contribution in [-0.4, -0.2) is 61.7 Å². The maximum atomic E-state index is 13.4. The Labute approximate surface area is 159 Å². The molecule has 2 fully saturated rings. The first-order valence-electron chi connectivity index (χ1n) is 9.84. The van der Waals surface area contributed by atoms with Crippen LogP contribution in [0.2, 0.25) is 0 Å². The lowest BCUT2D eigenvalue weighted by Gasteiger charge is -2.34. The fourth-order valence-corrected chi connectivity index (χ4v) is 3.95. The van der Waals surface area contributed by atoms with Crippen LogP contribution in [0.5, 0.6) is 0 Å². The van der Waals surface area contributed by atoms with Gasteiger partial charge in [-0.1, -0.05) is 13.8 Å². The molecule has 144 valence electrons. The summed E-state index contributed by atoms with van der Waals surface area (Å²) in [5.41, 5.74) is 1.22. The van der Waals surface area contributed by atoms with E-state index in [9.17, 15) is 9.59 Å². The number of aromatic nitrogens is 3. The minimum absolute atomic E-state index is 0.0576. The van der Waals surface area contributed by atoms with E-state index in [0.717, 1.165) is 6.54 Å². The van der Waals surface area contributed by atoms with Crippen LogP contribution in [0, 0.1) is 18.8 Å². The topological polar surface area (TPSA) is 70.8 Å².